The molecule has 0 fully saturated rings. The van der Waals surface area contributed by atoms with Crippen LogP contribution >= 0.6 is 0 Å². The van der Waals surface area contributed by atoms with Gasteiger partial charge in [0.05, 0.1) is 34.0 Å². The van der Waals surface area contributed by atoms with Crippen molar-refractivity contribution in [2.45, 2.75) is 13.1 Å². The molecule has 0 amide bonds. The average molecular weight is 318 g/mol. The first-order valence-electron chi connectivity index (χ1n) is 7.46. The maximum atomic E-state index is 5.45. The van der Waals surface area contributed by atoms with Crippen molar-refractivity contribution in [3.63, 3.8) is 0 Å². The molecule has 0 aliphatic heterocycles. The number of quaternary nitrogens is 1. The summed E-state index contributed by atoms with van der Waals surface area (Å²) >= 11 is 0. The highest BCUT2D eigenvalue weighted by atomic mass is 16.5. The van der Waals surface area contributed by atoms with E-state index >= 15 is 0 Å². The maximum Gasteiger partial charge on any atom is 0.164 e. The van der Waals surface area contributed by atoms with Crippen LogP contribution in [0, 0.1) is 0 Å². The first-order valence-corrected chi connectivity index (χ1v) is 7.46. The molecule has 0 radical (unpaired) electrons. The van der Waals surface area contributed by atoms with Crippen molar-refractivity contribution >= 4 is 0 Å². The third kappa shape index (κ3) is 4.07. The van der Waals surface area contributed by atoms with Gasteiger partial charge in [-0.25, -0.2) is 0 Å². The number of nitrogens with two attached hydrogens (primary N) is 1. The predicted octanol–water partition coefficient (Wildman–Crippen LogP) is 1.98. The highest BCUT2D eigenvalue weighted by Gasteiger charge is 2.13. The van der Waals surface area contributed by atoms with Crippen LogP contribution in [0.5, 0.6) is 23.0 Å². The molecule has 2 aromatic rings. The second-order valence-electron chi connectivity index (χ2n) is 5.03. The summed E-state index contributed by atoms with van der Waals surface area (Å²) in [6.07, 6.45) is 0. The summed E-state index contributed by atoms with van der Waals surface area (Å²) in [7, 11) is 6.60. The molecule has 5 heteroatoms. The van der Waals surface area contributed by atoms with Gasteiger partial charge in [0.1, 0.15) is 24.6 Å². The Labute approximate surface area is 137 Å². The third-order valence-corrected chi connectivity index (χ3v) is 3.71. The number of para-hydroxylation sites is 1. The van der Waals surface area contributed by atoms with Crippen LogP contribution in [0.15, 0.2) is 36.4 Å². The van der Waals surface area contributed by atoms with Crippen LogP contribution in [0.3, 0.4) is 0 Å². The molecule has 0 aromatic heterocycles. The summed E-state index contributed by atoms with van der Waals surface area (Å²) < 4.78 is 21.5. The number of hydrogen-bond acceptors (Lipinski definition) is 4. The van der Waals surface area contributed by atoms with Gasteiger partial charge in [0.2, 0.25) is 0 Å². The monoisotopic (exact) mass is 318 g/mol. The Morgan fingerprint density at radius 1 is 0.652 bits per heavy atom. The molecule has 0 saturated carbocycles. The first-order chi connectivity index (χ1) is 11.2. The normalized spacial score (nSPS) is 10.3. The molecule has 2 aromatic carbocycles. The number of hydrogen-bond donors (Lipinski definition) is 1. The molecule has 0 spiro atoms. The van der Waals surface area contributed by atoms with Crippen molar-refractivity contribution in [3.05, 3.63) is 47.5 Å². The van der Waals surface area contributed by atoms with E-state index in [9.17, 15) is 0 Å². The standard InChI is InChI=1S/C18H23NO4/c1-20-15-8-6-5-7-13(15)11-19-12-14-9-17(22-3)18(23-4)10-16(14)21-2/h5-10,19H,11-12H2,1-4H3/p+1. The van der Waals surface area contributed by atoms with Gasteiger partial charge in [-0.2, -0.15) is 0 Å². The van der Waals surface area contributed by atoms with Gasteiger partial charge in [-0.3, -0.25) is 0 Å². The molecule has 0 saturated heterocycles. The number of benzene rings is 2. The average Bonchev–Trinajstić information content (AvgIpc) is 2.61. The Kier molecular flexibility index (Phi) is 6.11. The molecule has 0 aliphatic carbocycles. The summed E-state index contributed by atoms with van der Waals surface area (Å²) in [4.78, 5) is 0. The Hall–Kier alpha value is -2.40. The number of methoxy groups -OCH3 is 4. The molecular formula is C18H24NO4+. The number of rotatable bonds is 8. The second-order valence-corrected chi connectivity index (χ2v) is 5.03. The highest BCUT2D eigenvalue weighted by Crippen LogP contribution is 2.34. The minimum atomic E-state index is 0.665. The van der Waals surface area contributed by atoms with Gasteiger partial charge in [0.25, 0.3) is 0 Å². The largest absolute Gasteiger partial charge is 0.496 e. The van der Waals surface area contributed by atoms with E-state index in [4.69, 9.17) is 18.9 Å². The van der Waals surface area contributed by atoms with Crippen LogP contribution < -0.4 is 24.3 Å². The molecule has 124 valence electrons. The van der Waals surface area contributed by atoms with Crippen LogP contribution in [0.2, 0.25) is 0 Å². The van der Waals surface area contributed by atoms with Gasteiger partial charge in [0, 0.05) is 11.6 Å². The fourth-order valence-electron chi connectivity index (χ4n) is 2.51. The van der Waals surface area contributed by atoms with Crippen molar-refractivity contribution in [3.8, 4) is 23.0 Å². The lowest BCUT2D eigenvalue weighted by Crippen LogP contribution is -2.80. The van der Waals surface area contributed by atoms with Gasteiger partial charge in [0.15, 0.2) is 11.5 Å². The Morgan fingerprint density at radius 2 is 1.22 bits per heavy atom. The third-order valence-electron chi connectivity index (χ3n) is 3.71. The quantitative estimate of drug-likeness (QED) is 0.809. The van der Waals surface area contributed by atoms with Crippen LogP contribution in [0.4, 0.5) is 0 Å². The summed E-state index contributed by atoms with van der Waals surface area (Å²) in [5.74, 6) is 3.06. The maximum absolute atomic E-state index is 5.45. The van der Waals surface area contributed by atoms with Crippen LogP contribution in [0.1, 0.15) is 11.1 Å². The lowest BCUT2D eigenvalue weighted by Gasteiger charge is -2.13. The van der Waals surface area contributed by atoms with E-state index in [2.05, 4.69) is 11.4 Å². The fourth-order valence-corrected chi connectivity index (χ4v) is 2.51. The molecule has 0 aliphatic rings. The van der Waals surface area contributed by atoms with Crippen molar-refractivity contribution in [2.75, 3.05) is 28.4 Å². The minimum absolute atomic E-state index is 0.665. The molecular weight excluding hydrogens is 294 g/mol. The lowest BCUT2D eigenvalue weighted by atomic mass is 10.1. The summed E-state index contributed by atoms with van der Waals surface area (Å²) in [6.45, 7) is 1.59. The SMILES string of the molecule is COc1ccccc1C[NH2+]Cc1cc(OC)c(OC)cc1OC. The minimum Gasteiger partial charge on any atom is -0.496 e. The summed E-state index contributed by atoms with van der Waals surface area (Å²) in [6, 6.07) is 11.8. The highest BCUT2D eigenvalue weighted by molar-refractivity contribution is 5.50. The van der Waals surface area contributed by atoms with E-state index in [0.717, 1.165) is 35.7 Å². The second kappa shape index (κ2) is 8.29. The van der Waals surface area contributed by atoms with Gasteiger partial charge in [-0.05, 0) is 18.2 Å². The fraction of sp³-hybridized carbons (Fsp3) is 0.333. The molecule has 0 atom stereocenters. The molecule has 2 rings (SSSR count). The van der Waals surface area contributed by atoms with Crippen LogP contribution in [0.25, 0.3) is 0 Å². The van der Waals surface area contributed by atoms with E-state index in [0.29, 0.717) is 11.5 Å². The Balaban J connectivity index is 2.10. The molecule has 2 N–H and O–H groups in total. The van der Waals surface area contributed by atoms with E-state index in [1.54, 1.807) is 28.4 Å². The first kappa shape index (κ1) is 17.0. The van der Waals surface area contributed by atoms with E-state index in [1.807, 2.05) is 30.3 Å². The lowest BCUT2D eigenvalue weighted by molar-refractivity contribution is -0.686. The van der Waals surface area contributed by atoms with Crippen molar-refractivity contribution in [1.82, 2.24) is 0 Å². The van der Waals surface area contributed by atoms with E-state index in [1.165, 1.54) is 0 Å². The molecule has 0 unspecified atom stereocenters. The number of ether oxygens (including phenoxy) is 4. The predicted molar refractivity (Wildman–Crippen MR) is 88.4 cm³/mol. The zero-order valence-corrected chi connectivity index (χ0v) is 14.1. The zero-order chi connectivity index (χ0) is 16.7. The van der Waals surface area contributed by atoms with Gasteiger partial charge in [-0.15, -0.1) is 0 Å². The van der Waals surface area contributed by atoms with Crippen LogP contribution in [-0.2, 0) is 13.1 Å². The smallest absolute Gasteiger partial charge is 0.164 e. The molecule has 0 heterocycles. The Morgan fingerprint density at radius 3 is 1.87 bits per heavy atom. The zero-order valence-electron chi connectivity index (χ0n) is 14.1. The topological polar surface area (TPSA) is 53.5 Å². The van der Waals surface area contributed by atoms with Crippen molar-refractivity contribution in [1.29, 1.82) is 0 Å². The summed E-state index contributed by atoms with van der Waals surface area (Å²) in [5.41, 5.74) is 2.22. The van der Waals surface area contributed by atoms with Gasteiger partial charge >= 0.3 is 0 Å². The molecule has 23 heavy (non-hydrogen) atoms. The van der Waals surface area contributed by atoms with Gasteiger partial charge < -0.3 is 24.3 Å². The van der Waals surface area contributed by atoms with E-state index in [-0.39, 0.29) is 0 Å². The van der Waals surface area contributed by atoms with Gasteiger partial charge in [-0.1, -0.05) is 12.1 Å². The molecule has 0 bridgehead atoms. The molecule has 5 nitrogen and oxygen atoms in total. The van der Waals surface area contributed by atoms with Crippen LogP contribution in [-0.4, -0.2) is 28.4 Å². The summed E-state index contributed by atoms with van der Waals surface area (Å²) in [5, 5.41) is 2.20. The Bertz CT molecular complexity index is 643. The van der Waals surface area contributed by atoms with Crippen molar-refractivity contribution in [2.24, 2.45) is 0 Å². The van der Waals surface area contributed by atoms with Crippen molar-refractivity contribution < 1.29 is 24.3 Å². The van der Waals surface area contributed by atoms with E-state index < -0.39 is 0 Å².